The van der Waals surface area contributed by atoms with Gasteiger partial charge in [0.15, 0.2) is 11.5 Å². The molecule has 0 aliphatic carbocycles. The van der Waals surface area contributed by atoms with Gasteiger partial charge in [0, 0.05) is 19.4 Å². The maximum atomic E-state index is 12.4. The van der Waals surface area contributed by atoms with Gasteiger partial charge in [-0.15, -0.1) is 0 Å². The van der Waals surface area contributed by atoms with Crippen molar-refractivity contribution in [2.75, 3.05) is 0 Å². The van der Waals surface area contributed by atoms with E-state index in [-0.39, 0.29) is 17.9 Å². The van der Waals surface area contributed by atoms with Gasteiger partial charge in [0.25, 0.3) is 0 Å². The van der Waals surface area contributed by atoms with E-state index >= 15 is 0 Å². The molecule has 0 amide bonds. The molecule has 0 bridgehead atoms. The topological polar surface area (TPSA) is 56.9 Å². The molecule has 0 fully saturated rings. The van der Waals surface area contributed by atoms with Crippen molar-refractivity contribution in [2.45, 2.75) is 13.3 Å². The van der Waals surface area contributed by atoms with E-state index in [1.165, 1.54) is 0 Å². The van der Waals surface area contributed by atoms with Gasteiger partial charge in [-0.25, -0.2) is 4.98 Å². The quantitative estimate of drug-likeness (QED) is 0.307. The van der Waals surface area contributed by atoms with Crippen molar-refractivity contribution in [3.8, 4) is 0 Å². The summed E-state index contributed by atoms with van der Waals surface area (Å²) in [5.41, 5.74) is 2.65. The maximum absolute atomic E-state index is 12.4. The molecule has 0 unspecified atom stereocenters. The number of carbonyl (C=O) groups excluding carboxylic acids is 1. The Morgan fingerprint density at radius 1 is 1.08 bits per heavy atom. The summed E-state index contributed by atoms with van der Waals surface area (Å²) in [7, 11) is 0. The van der Waals surface area contributed by atoms with Crippen molar-refractivity contribution in [1.82, 2.24) is 4.98 Å². The zero-order valence-electron chi connectivity index (χ0n) is 13.9. The summed E-state index contributed by atoms with van der Waals surface area (Å²) in [6.45, 7) is 1.62. The highest BCUT2D eigenvalue weighted by Gasteiger charge is 2.19. The van der Waals surface area contributed by atoms with E-state index in [0.717, 1.165) is 10.3 Å². The lowest BCUT2D eigenvalue weighted by molar-refractivity contribution is -0.584. The standard InChI is InChI=1S/C21H18N2O2/c1-16-21(22-18-13-8-9-14-19(18)23(16)25)20(24)15-7-3-6-12-17-10-4-2-5-11-17/h2-14H,15H2,1H3. The second-order valence-corrected chi connectivity index (χ2v) is 5.65. The predicted molar refractivity (Wildman–Crippen MR) is 99.0 cm³/mol. The van der Waals surface area contributed by atoms with Crippen LogP contribution >= 0.6 is 0 Å². The molecule has 0 N–H and O–H groups in total. The number of hydrogen-bond acceptors (Lipinski definition) is 3. The molecular weight excluding hydrogens is 312 g/mol. The van der Waals surface area contributed by atoms with E-state index in [1.54, 1.807) is 37.3 Å². The number of fused-ring (bicyclic) bond motifs is 1. The lowest BCUT2D eigenvalue weighted by atomic mass is 10.1. The molecule has 1 heterocycles. The first-order valence-corrected chi connectivity index (χ1v) is 8.07. The van der Waals surface area contributed by atoms with Crippen LogP contribution < -0.4 is 4.73 Å². The van der Waals surface area contributed by atoms with Crippen LogP contribution in [-0.4, -0.2) is 10.8 Å². The third-order valence-corrected chi connectivity index (χ3v) is 3.88. The van der Waals surface area contributed by atoms with Gasteiger partial charge < -0.3 is 5.21 Å². The van der Waals surface area contributed by atoms with Crippen molar-refractivity contribution >= 4 is 22.9 Å². The Labute approximate surface area is 146 Å². The summed E-state index contributed by atoms with van der Waals surface area (Å²) >= 11 is 0. The Hall–Kier alpha value is -3.27. The second kappa shape index (κ2) is 7.53. The summed E-state index contributed by atoms with van der Waals surface area (Å²) in [4.78, 5) is 16.8. The number of aromatic nitrogens is 2. The van der Waals surface area contributed by atoms with Gasteiger partial charge in [0.05, 0.1) is 0 Å². The summed E-state index contributed by atoms with van der Waals surface area (Å²) in [5.74, 6) is -0.169. The predicted octanol–water partition coefficient (Wildman–Crippen LogP) is 4.02. The van der Waals surface area contributed by atoms with Crippen molar-refractivity contribution in [2.24, 2.45) is 0 Å². The monoisotopic (exact) mass is 330 g/mol. The molecule has 124 valence electrons. The Kier molecular flexibility index (Phi) is 5.00. The molecule has 0 spiro atoms. The first-order chi connectivity index (χ1) is 12.2. The Bertz CT molecular complexity index is 960. The molecule has 3 aromatic rings. The van der Waals surface area contributed by atoms with Crippen LogP contribution in [0.25, 0.3) is 17.1 Å². The van der Waals surface area contributed by atoms with Gasteiger partial charge in [-0.1, -0.05) is 66.8 Å². The SMILES string of the molecule is Cc1c(C(=O)CC=CC=Cc2ccccc2)nc2ccccc2[n+]1[O-]. The minimum Gasteiger partial charge on any atom is -0.618 e. The smallest absolute Gasteiger partial charge is 0.242 e. The van der Waals surface area contributed by atoms with E-state index in [1.807, 2.05) is 48.6 Å². The van der Waals surface area contributed by atoms with Gasteiger partial charge in [-0.3, -0.25) is 4.79 Å². The number of ketones is 1. The minimum atomic E-state index is -0.169. The second-order valence-electron chi connectivity index (χ2n) is 5.65. The third kappa shape index (κ3) is 3.80. The van der Waals surface area contributed by atoms with E-state index in [0.29, 0.717) is 16.7 Å². The van der Waals surface area contributed by atoms with Crippen molar-refractivity contribution in [1.29, 1.82) is 0 Å². The normalized spacial score (nSPS) is 11.6. The number of rotatable bonds is 5. The molecule has 2 aromatic carbocycles. The van der Waals surface area contributed by atoms with Gasteiger partial charge in [-0.2, -0.15) is 4.73 Å². The van der Waals surface area contributed by atoms with Crippen LogP contribution in [0.2, 0.25) is 0 Å². The fraction of sp³-hybridized carbons (Fsp3) is 0.0952. The number of para-hydroxylation sites is 2. The van der Waals surface area contributed by atoms with Crippen LogP contribution in [-0.2, 0) is 0 Å². The molecule has 0 atom stereocenters. The van der Waals surface area contributed by atoms with Crippen molar-refractivity contribution in [3.63, 3.8) is 0 Å². The first kappa shape index (κ1) is 16.6. The molecule has 0 saturated heterocycles. The molecular formula is C21H18N2O2. The number of Topliss-reactive ketones (excluding diaryl/α,β-unsaturated/α-hetero) is 1. The van der Waals surface area contributed by atoms with Gasteiger partial charge >= 0.3 is 0 Å². The van der Waals surface area contributed by atoms with Gasteiger partial charge in [-0.05, 0) is 11.6 Å². The van der Waals surface area contributed by atoms with E-state index in [9.17, 15) is 10.0 Å². The van der Waals surface area contributed by atoms with Crippen LogP contribution in [0.1, 0.15) is 28.2 Å². The molecule has 0 saturated carbocycles. The minimum absolute atomic E-state index is 0.169. The van der Waals surface area contributed by atoms with Crippen molar-refractivity contribution in [3.05, 3.63) is 95.0 Å². The van der Waals surface area contributed by atoms with Crippen LogP contribution in [0.3, 0.4) is 0 Å². The van der Waals surface area contributed by atoms with E-state index < -0.39 is 0 Å². The summed E-state index contributed by atoms with van der Waals surface area (Å²) < 4.78 is 0.772. The number of carbonyl (C=O) groups is 1. The summed E-state index contributed by atoms with van der Waals surface area (Å²) in [6.07, 6.45) is 7.65. The number of benzene rings is 2. The highest BCUT2D eigenvalue weighted by Crippen LogP contribution is 2.12. The highest BCUT2D eigenvalue weighted by molar-refractivity contribution is 5.97. The molecule has 4 nitrogen and oxygen atoms in total. The number of nitrogens with zero attached hydrogens (tertiary/aromatic N) is 2. The Morgan fingerprint density at radius 3 is 2.60 bits per heavy atom. The first-order valence-electron chi connectivity index (χ1n) is 8.07. The lowest BCUT2D eigenvalue weighted by Gasteiger charge is -2.07. The number of allylic oxidation sites excluding steroid dienone is 3. The van der Waals surface area contributed by atoms with Crippen LogP contribution in [0.15, 0.2) is 72.8 Å². The molecule has 0 aliphatic heterocycles. The zero-order valence-corrected chi connectivity index (χ0v) is 13.9. The summed E-state index contributed by atoms with van der Waals surface area (Å²) in [5, 5.41) is 12.3. The van der Waals surface area contributed by atoms with Crippen molar-refractivity contribution < 1.29 is 9.52 Å². The molecule has 25 heavy (non-hydrogen) atoms. The Morgan fingerprint density at radius 2 is 1.80 bits per heavy atom. The van der Waals surface area contributed by atoms with Crippen LogP contribution in [0.5, 0.6) is 0 Å². The lowest BCUT2D eigenvalue weighted by Crippen LogP contribution is -2.34. The molecule has 0 radical (unpaired) electrons. The zero-order chi connectivity index (χ0) is 17.6. The van der Waals surface area contributed by atoms with E-state index in [4.69, 9.17) is 0 Å². The fourth-order valence-electron chi connectivity index (χ4n) is 2.55. The maximum Gasteiger partial charge on any atom is 0.242 e. The molecule has 4 heteroatoms. The van der Waals surface area contributed by atoms with Gasteiger partial charge in [0.1, 0.15) is 5.52 Å². The molecule has 0 aliphatic rings. The summed E-state index contributed by atoms with van der Waals surface area (Å²) in [6, 6.07) is 16.9. The average Bonchev–Trinajstić information content (AvgIpc) is 2.65. The highest BCUT2D eigenvalue weighted by atomic mass is 16.5. The Balaban J connectivity index is 1.73. The number of hydrogen-bond donors (Lipinski definition) is 0. The van der Waals surface area contributed by atoms with Crippen LogP contribution in [0, 0.1) is 12.1 Å². The van der Waals surface area contributed by atoms with Crippen LogP contribution in [0.4, 0.5) is 0 Å². The largest absolute Gasteiger partial charge is 0.618 e. The van der Waals surface area contributed by atoms with Gasteiger partial charge in [0.2, 0.25) is 11.2 Å². The molecule has 3 rings (SSSR count). The average molecular weight is 330 g/mol. The molecule has 1 aromatic heterocycles. The third-order valence-electron chi connectivity index (χ3n) is 3.88. The fourth-order valence-corrected chi connectivity index (χ4v) is 2.55. The van der Waals surface area contributed by atoms with E-state index in [2.05, 4.69) is 4.98 Å².